The Hall–Kier alpha value is -2.29. The average Bonchev–Trinajstić information content (AvgIpc) is 2.39. The van der Waals surface area contributed by atoms with Crippen molar-refractivity contribution in [3.63, 3.8) is 0 Å². The van der Waals surface area contributed by atoms with Gasteiger partial charge < -0.3 is 10.4 Å². The van der Waals surface area contributed by atoms with Crippen molar-refractivity contribution in [3.05, 3.63) is 64.7 Å². The number of nitrogens with one attached hydrogen (secondary N) is 1. The van der Waals surface area contributed by atoms with Gasteiger partial charge in [0.05, 0.1) is 6.42 Å². The molecule has 2 aromatic carbocycles. The van der Waals surface area contributed by atoms with Crippen LogP contribution in [-0.2, 0) is 17.8 Å². The third-order valence-electron chi connectivity index (χ3n) is 3.31. The molecule has 2 aromatic rings. The summed E-state index contributed by atoms with van der Waals surface area (Å²) in [4.78, 5) is 10.9. The fraction of sp³-hybridized carbons (Fsp3) is 0.235. The van der Waals surface area contributed by atoms with Gasteiger partial charge in [0.1, 0.15) is 0 Å². The quantitative estimate of drug-likeness (QED) is 0.872. The molecule has 3 nitrogen and oxygen atoms in total. The minimum Gasteiger partial charge on any atom is -0.481 e. The van der Waals surface area contributed by atoms with Crippen LogP contribution in [0.3, 0.4) is 0 Å². The van der Waals surface area contributed by atoms with Gasteiger partial charge in [0, 0.05) is 12.2 Å². The molecule has 0 aliphatic heterocycles. The molecular weight excluding hydrogens is 250 g/mol. The summed E-state index contributed by atoms with van der Waals surface area (Å²) in [7, 11) is 0. The van der Waals surface area contributed by atoms with Gasteiger partial charge >= 0.3 is 5.97 Å². The summed E-state index contributed by atoms with van der Waals surface area (Å²) in [5, 5.41) is 12.3. The van der Waals surface area contributed by atoms with E-state index in [0.29, 0.717) is 6.54 Å². The van der Waals surface area contributed by atoms with Crippen LogP contribution in [0.4, 0.5) is 5.69 Å². The van der Waals surface area contributed by atoms with Gasteiger partial charge in [-0.1, -0.05) is 42.0 Å². The van der Waals surface area contributed by atoms with Gasteiger partial charge in [-0.25, -0.2) is 0 Å². The summed E-state index contributed by atoms with van der Waals surface area (Å²) >= 11 is 0. The Labute approximate surface area is 119 Å². The molecule has 3 heteroatoms. The number of carboxylic acids is 1. The second-order valence-corrected chi connectivity index (χ2v) is 5.01. The monoisotopic (exact) mass is 269 g/mol. The van der Waals surface area contributed by atoms with Crippen LogP contribution in [0, 0.1) is 13.8 Å². The lowest BCUT2D eigenvalue weighted by molar-refractivity contribution is -0.136. The number of aryl methyl sites for hydroxylation is 2. The molecule has 0 fully saturated rings. The molecular formula is C17H19NO2. The van der Waals surface area contributed by atoms with E-state index in [1.807, 2.05) is 24.3 Å². The van der Waals surface area contributed by atoms with Gasteiger partial charge in [-0.3, -0.25) is 4.79 Å². The molecule has 0 aromatic heterocycles. The zero-order valence-electron chi connectivity index (χ0n) is 11.8. The van der Waals surface area contributed by atoms with Crippen molar-refractivity contribution in [3.8, 4) is 0 Å². The first-order valence-corrected chi connectivity index (χ1v) is 6.66. The van der Waals surface area contributed by atoms with E-state index in [0.717, 1.165) is 16.8 Å². The summed E-state index contributed by atoms with van der Waals surface area (Å²) in [6, 6.07) is 13.9. The molecule has 0 aliphatic carbocycles. The fourth-order valence-corrected chi connectivity index (χ4v) is 2.27. The fourth-order valence-electron chi connectivity index (χ4n) is 2.27. The van der Waals surface area contributed by atoms with Crippen molar-refractivity contribution in [2.75, 3.05) is 5.32 Å². The molecule has 0 saturated heterocycles. The lowest BCUT2D eigenvalue weighted by Crippen LogP contribution is -2.07. The zero-order chi connectivity index (χ0) is 14.5. The van der Waals surface area contributed by atoms with E-state index < -0.39 is 5.97 Å². The Bertz CT molecular complexity index is 620. The van der Waals surface area contributed by atoms with Crippen molar-refractivity contribution in [1.82, 2.24) is 0 Å². The molecule has 0 heterocycles. The first kappa shape index (κ1) is 14.1. The zero-order valence-corrected chi connectivity index (χ0v) is 11.8. The highest BCUT2D eigenvalue weighted by molar-refractivity contribution is 5.70. The summed E-state index contributed by atoms with van der Waals surface area (Å²) in [6.07, 6.45) is 0.0603. The number of aliphatic carboxylic acids is 1. The summed E-state index contributed by atoms with van der Waals surface area (Å²) in [5.41, 5.74) is 5.40. The smallest absolute Gasteiger partial charge is 0.307 e. The van der Waals surface area contributed by atoms with Crippen LogP contribution in [-0.4, -0.2) is 11.1 Å². The summed E-state index contributed by atoms with van der Waals surface area (Å²) < 4.78 is 0. The van der Waals surface area contributed by atoms with Crippen LogP contribution in [0.15, 0.2) is 42.5 Å². The van der Waals surface area contributed by atoms with Gasteiger partial charge in [0.2, 0.25) is 0 Å². The number of hydrogen-bond donors (Lipinski definition) is 2. The minimum absolute atomic E-state index is 0.0603. The summed E-state index contributed by atoms with van der Waals surface area (Å²) in [5.74, 6) is -0.802. The molecule has 0 bridgehead atoms. The van der Waals surface area contributed by atoms with E-state index in [1.165, 1.54) is 11.1 Å². The predicted molar refractivity (Wildman–Crippen MR) is 81.0 cm³/mol. The highest BCUT2D eigenvalue weighted by Gasteiger charge is 2.06. The minimum atomic E-state index is -0.802. The lowest BCUT2D eigenvalue weighted by Gasteiger charge is -2.12. The van der Waals surface area contributed by atoms with E-state index >= 15 is 0 Å². The molecule has 0 spiro atoms. The van der Waals surface area contributed by atoms with Gasteiger partial charge in [0.25, 0.3) is 0 Å². The molecule has 104 valence electrons. The number of rotatable bonds is 5. The maximum Gasteiger partial charge on any atom is 0.307 e. The van der Waals surface area contributed by atoms with Crippen molar-refractivity contribution in [1.29, 1.82) is 0 Å². The topological polar surface area (TPSA) is 49.3 Å². The maximum absolute atomic E-state index is 10.9. The molecule has 0 amide bonds. The molecule has 0 atom stereocenters. The number of carbonyl (C=O) groups is 1. The second kappa shape index (κ2) is 6.24. The molecule has 2 N–H and O–H groups in total. The number of benzene rings is 2. The van der Waals surface area contributed by atoms with Crippen LogP contribution >= 0.6 is 0 Å². The Kier molecular flexibility index (Phi) is 4.41. The van der Waals surface area contributed by atoms with Gasteiger partial charge in [-0.15, -0.1) is 0 Å². The Morgan fingerprint density at radius 1 is 1.10 bits per heavy atom. The largest absolute Gasteiger partial charge is 0.481 e. The van der Waals surface area contributed by atoms with Crippen molar-refractivity contribution in [2.45, 2.75) is 26.8 Å². The van der Waals surface area contributed by atoms with E-state index in [-0.39, 0.29) is 6.42 Å². The molecule has 0 saturated carbocycles. The van der Waals surface area contributed by atoms with E-state index in [9.17, 15) is 4.79 Å². The van der Waals surface area contributed by atoms with Gasteiger partial charge in [-0.05, 0) is 36.6 Å². The Morgan fingerprint density at radius 3 is 2.45 bits per heavy atom. The van der Waals surface area contributed by atoms with Crippen LogP contribution in [0.25, 0.3) is 0 Å². The van der Waals surface area contributed by atoms with Crippen LogP contribution < -0.4 is 5.32 Å². The van der Waals surface area contributed by atoms with E-state index in [2.05, 4.69) is 37.4 Å². The van der Waals surface area contributed by atoms with Crippen LogP contribution in [0.1, 0.15) is 22.3 Å². The lowest BCUT2D eigenvalue weighted by atomic mass is 10.0. The molecule has 2 rings (SSSR count). The average molecular weight is 269 g/mol. The standard InChI is InChI=1S/C17H19NO2/c1-12-7-8-16(13(2)9-12)18-11-15-6-4-3-5-14(15)10-17(19)20/h3-9,18H,10-11H2,1-2H3,(H,19,20). The van der Waals surface area contributed by atoms with Crippen molar-refractivity contribution < 1.29 is 9.90 Å². The highest BCUT2D eigenvalue weighted by atomic mass is 16.4. The van der Waals surface area contributed by atoms with Crippen LogP contribution in [0.5, 0.6) is 0 Å². The Morgan fingerprint density at radius 2 is 1.80 bits per heavy atom. The van der Waals surface area contributed by atoms with Gasteiger partial charge in [0.15, 0.2) is 0 Å². The van der Waals surface area contributed by atoms with E-state index in [1.54, 1.807) is 0 Å². The van der Waals surface area contributed by atoms with Crippen molar-refractivity contribution >= 4 is 11.7 Å². The number of hydrogen-bond acceptors (Lipinski definition) is 2. The number of carboxylic acid groups (broad SMARTS) is 1. The second-order valence-electron chi connectivity index (χ2n) is 5.01. The first-order valence-electron chi connectivity index (χ1n) is 6.66. The Balaban J connectivity index is 2.12. The third kappa shape index (κ3) is 3.60. The molecule has 0 unspecified atom stereocenters. The summed E-state index contributed by atoms with van der Waals surface area (Å²) in [6.45, 7) is 4.77. The van der Waals surface area contributed by atoms with Crippen LogP contribution in [0.2, 0.25) is 0 Å². The molecule has 0 radical (unpaired) electrons. The maximum atomic E-state index is 10.9. The first-order chi connectivity index (χ1) is 9.56. The van der Waals surface area contributed by atoms with E-state index in [4.69, 9.17) is 5.11 Å². The normalized spacial score (nSPS) is 10.3. The highest BCUT2D eigenvalue weighted by Crippen LogP contribution is 2.18. The molecule has 20 heavy (non-hydrogen) atoms. The van der Waals surface area contributed by atoms with Crippen molar-refractivity contribution in [2.24, 2.45) is 0 Å². The molecule has 0 aliphatic rings. The predicted octanol–water partition coefficient (Wildman–Crippen LogP) is 3.54. The third-order valence-corrected chi connectivity index (χ3v) is 3.31. The SMILES string of the molecule is Cc1ccc(NCc2ccccc2CC(=O)O)c(C)c1. The van der Waals surface area contributed by atoms with Gasteiger partial charge in [-0.2, -0.15) is 0 Å². The number of anilines is 1.